The number of nitrogens with zero attached hydrogens (tertiary/aromatic N) is 6. The van der Waals surface area contributed by atoms with Gasteiger partial charge in [0.15, 0.2) is 11.6 Å². The Kier molecular flexibility index (Phi) is 7.75. The number of halogens is 1. The van der Waals surface area contributed by atoms with Crippen molar-refractivity contribution < 1.29 is 13.9 Å². The number of amides is 1. The normalized spacial score (nSPS) is 16.9. The van der Waals surface area contributed by atoms with E-state index < -0.39 is 5.82 Å². The van der Waals surface area contributed by atoms with Crippen molar-refractivity contribution in [3.05, 3.63) is 84.8 Å². The van der Waals surface area contributed by atoms with E-state index in [0.717, 1.165) is 42.4 Å². The Morgan fingerprint density at radius 1 is 1.14 bits per heavy atom. The van der Waals surface area contributed by atoms with Gasteiger partial charge in [-0.1, -0.05) is 19.9 Å². The lowest BCUT2D eigenvalue weighted by atomic mass is 9.88. The van der Waals surface area contributed by atoms with Gasteiger partial charge in [0, 0.05) is 42.9 Å². The highest BCUT2D eigenvalue weighted by molar-refractivity contribution is 5.88. The summed E-state index contributed by atoms with van der Waals surface area (Å²) in [6, 6.07) is 13.0. The molecule has 1 aliphatic heterocycles. The molecule has 2 aromatic carbocycles. The minimum absolute atomic E-state index is 0.0508. The molecule has 1 fully saturated rings. The van der Waals surface area contributed by atoms with Gasteiger partial charge in [0.25, 0.3) is 0 Å². The number of carbonyl (C=O) groups is 1. The van der Waals surface area contributed by atoms with Crippen LogP contribution in [0.3, 0.4) is 0 Å². The molecule has 220 valence electrons. The van der Waals surface area contributed by atoms with Gasteiger partial charge in [0.05, 0.1) is 28.6 Å². The monoisotopic (exact) mass is 579 g/mol. The van der Waals surface area contributed by atoms with Crippen molar-refractivity contribution in [1.82, 2.24) is 29.4 Å². The van der Waals surface area contributed by atoms with Crippen LogP contribution in [0.1, 0.15) is 49.8 Å². The minimum atomic E-state index is -0.452. The Morgan fingerprint density at radius 3 is 2.81 bits per heavy atom. The first-order valence-corrected chi connectivity index (χ1v) is 14.6. The highest BCUT2D eigenvalue weighted by Gasteiger charge is 2.31. The van der Waals surface area contributed by atoms with Gasteiger partial charge < -0.3 is 19.5 Å². The number of pyridine rings is 1. The molecule has 0 bridgehead atoms. The third-order valence-corrected chi connectivity index (χ3v) is 8.22. The smallest absolute Gasteiger partial charge is 0.246 e. The van der Waals surface area contributed by atoms with Gasteiger partial charge >= 0.3 is 0 Å². The molecule has 9 nitrogen and oxygen atoms in total. The summed E-state index contributed by atoms with van der Waals surface area (Å²) in [6.45, 7) is 8.08. The summed E-state index contributed by atoms with van der Waals surface area (Å²) in [7, 11) is 1.93. The summed E-state index contributed by atoms with van der Waals surface area (Å²) in [5, 5.41) is 3.13. The molecule has 2 atom stereocenters. The molecule has 0 radical (unpaired) electrons. The standard InChI is InChI=1S/C33H34FN7O2/c1-5-7-22-9-8-21(17-41(22)30(42)6-2)24-11-12-26-32(38-24)33(36-18-35-26)39-25-13-15-29(20(3)31(25)34)43-23-10-14-28-27(16-23)37-19-40(28)4/h6,10-16,18-19,21-22H,2,5,7-9,17H2,1,3-4H3,(H,35,36,39). The van der Waals surface area contributed by atoms with Crippen LogP contribution >= 0.6 is 0 Å². The lowest BCUT2D eigenvalue weighted by Crippen LogP contribution is -2.45. The SMILES string of the molecule is C=CC(=O)N1CC(c2ccc3ncnc(Nc4ccc(Oc5ccc6c(c5)ncn6C)c(C)c4F)c3n2)CCC1CCC. The summed E-state index contributed by atoms with van der Waals surface area (Å²) in [4.78, 5) is 32.6. The van der Waals surface area contributed by atoms with Gasteiger partial charge in [-0.05, 0) is 68.7 Å². The van der Waals surface area contributed by atoms with Crippen molar-refractivity contribution in [2.75, 3.05) is 11.9 Å². The summed E-state index contributed by atoms with van der Waals surface area (Å²) in [5.74, 6) is 0.944. The van der Waals surface area contributed by atoms with E-state index in [-0.39, 0.29) is 23.6 Å². The van der Waals surface area contributed by atoms with Crippen LogP contribution < -0.4 is 10.1 Å². The van der Waals surface area contributed by atoms with Gasteiger partial charge in [-0.2, -0.15) is 0 Å². The molecule has 1 amide bonds. The number of piperidine rings is 1. The van der Waals surface area contributed by atoms with Crippen LogP contribution in [0.15, 0.2) is 67.8 Å². The van der Waals surface area contributed by atoms with Gasteiger partial charge in [0.2, 0.25) is 5.91 Å². The maximum absolute atomic E-state index is 15.7. The van der Waals surface area contributed by atoms with Crippen LogP contribution in [0, 0.1) is 12.7 Å². The molecular formula is C33H34FN7O2. The summed E-state index contributed by atoms with van der Waals surface area (Å²) in [6.07, 6.45) is 8.37. The quantitative estimate of drug-likeness (QED) is 0.199. The van der Waals surface area contributed by atoms with E-state index in [0.29, 0.717) is 40.5 Å². The Balaban J connectivity index is 1.25. The van der Waals surface area contributed by atoms with E-state index in [1.807, 2.05) is 46.8 Å². The summed E-state index contributed by atoms with van der Waals surface area (Å²) < 4.78 is 23.6. The van der Waals surface area contributed by atoms with Crippen LogP contribution in [0.2, 0.25) is 0 Å². The van der Waals surface area contributed by atoms with Crippen molar-refractivity contribution in [2.45, 2.75) is 51.5 Å². The van der Waals surface area contributed by atoms with Gasteiger partial charge in [-0.3, -0.25) is 4.79 Å². The van der Waals surface area contributed by atoms with Gasteiger partial charge in [-0.25, -0.2) is 24.3 Å². The number of hydrogen-bond donors (Lipinski definition) is 1. The highest BCUT2D eigenvalue weighted by atomic mass is 19.1. The number of hydrogen-bond acceptors (Lipinski definition) is 7. The fourth-order valence-electron chi connectivity index (χ4n) is 5.87. The molecule has 2 unspecified atom stereocenters. The fraction of sp³-hybridized carbons (Fsp3) is 0.303. The average molecular weight is 580 g/mol. The first kappa shape index (κ1) is 28.3. The van der Waals surface area contributed by atoms with Crippen molar-refractivity contribution >= 4 is 39.5 Å². The average Bonchev–Trinajstić information content (AvgIpc) is 3.40. The number of fused-ring (bicyclic) bond motifs is 2. The predicted octanol–water partition coefficient (Wildman–Crippen LogP) is 6.96. The van der Waals surface area contributed by atoms with Crippen LogP contribution in [-0.2, 0) is 11.8 Å². The molecule has 3 aromatic heterocycles. The third-order valence-electron chi connectivity index (χ3n) is 8.22. The zero-order valence-corrected chi connectivity index (χ0v) is 24.5. The van der Waals surface area contributed by atoms with Gasteiger partial charge in [0.1, 0.15) is 23.3 Å². The Hall–Kier alpha value is -4.86. The number of likely N-dealkylation sites (tertiary alicyclic amines) is 1. The van der Waals surface area contributed by atoms with Crippen molar-refractivity contribution in [2.24, 2.45) is 7.05 Å². The maximum atomic E-state index is 15.7. The number of anilines is 2. The molecule has 0 aliphatic carbocycles. The second-order valence-electron chi connectivity index (χ2n) is 11.0. The van der Waals surface area contributed by atoms with E-state index >= 15 is 4.39 Å². The maximum Gasteiger partial charge on any atom is 0.246 e. The molecule has 0 saturated carbocycles. The largest absolute Gasteiger partial charge is 0.457 e. The van der Waals surface area contributed by atoms with Crippen LogP contribution in [-0.4, -0.2) is 47.9 Å². The number of nitrogens with one attached hydrogen (secondary N) is 1. The van der Waals surface area contributed by atoms with Crippen molar-refractivity contribution in [3.63, 3.8) is 0 Å². The number of imidazole rings is 1. The van der Waals surface area contributed by atoms with E-state index in [2.05, 4.69) is 33.8 Å². The topological polar surface area (TPSA) is 98.1 Å². The van der Waals surface area contributed by atoms with Crippen molar-refractivity contribution in [3.8, 4) is 11.5 Å². The second kappa shape index (κ2) is 11.8. The summed E-state index contributed by atoms with van der Waals surface area (Å²) in [5.41, 5.74) is 4.42. The predicted molar refractivity (Wildman–Crippen MR) is 165 cm³/mol. The van der Waals surface area contributed by atoms with E-state index in [9.17, 15) is 4.79 Å². The first-order valence-electron chi connectivity index (χ1n) is 14.6. The van der Waals surface area contributed by atoms with Crippen molar-refractivity contribution in [1.29, 1.82) is 0 Å². The van der Waals surface area contributed by atoms with Gasteiger partial charge in [-0.15, -0.1) is 0 Å². The summed E-state index contributed by atoms with van der Waals surface area (Å²) >= 11 is 0. The minimum Gasteiger partial charge on any atom is -0.457 e. The molecule has 1 aliphatic rings. The van der Waals surface area contributed by atoms with Crippen LogP contribution in [0.5, 0.6) is 11.5 Å². The van der Waals surface area contributed by atoms with Crippen LogP contribution in [0.25, 0.3) is 22.1 Å². The second-order valence-corrected chi connectivity index (χ2v) is 11.0. The molecule has 43 heavy (non-hydrogen) atoms. The first-order chi connectivity index (χ1) is 20.9. The number of rotatable bonds is 8. The molecule has 0 spiro atoms. The van der Waals surface area contributed by atoms with E-state index in [1.165, 1.54) is 12.4 Å². The number of benzene rings is 2. The number of carbonyl (C=O) groups excluding carboxylic acids is 1. The lowest BCUT2D eigenvalue weighted by molar-refractivity contribution is -0.130. The molecule has 6 rings (SSSR count). The Labute approximate surface area is 249 Å². The third kappa shape index (κ3) is 5.52. The van der Waals surface area contributed by atoms with E-state index in [1.54, 1.807) is 25.4 Å². The highest BCUT2D eigenvalue weighted by Crippen LogP contribution is 2.35. The molecule has 4 heterocycles. The zero-order chi connectivity index (χ0) is 30.1. The molecule has 10 heteroatoms. The van der Waals surface area contributed by atoms with Crippen LogP contribution in [0.4, 0.5) is 15.9 Å². The molecular weight excluding hydrogens is 545 g/mol. The Bertz CT molecular complexity index is 1840. The lowest BCUT2D eigenvalue weighted by Gasteiger charge is -2.39. The zero-order valence-electron chi connectivity index (χ0n) is 24.5. The number of ether oxygens (including phenoxy) is 1. The Morgan fingerprint density at radius 2 is 2.00 bits per heavy atom. The van der Waals surface area contributed by atoms with E-state index in [4.69, 9.17) is 9.72 Å². The molecule has 5 aromatic rings. The molecule has 1 saturated heterocycles. The number of aryl methyl sites for hydroxylation is 1. The fourth-order valence-corrected chi connectivity index (χ4v) is 5.87. The molecule has 1 N–H and O–H groups in total. The number of aromatic nitrogens is 5.